The molecule has 0 N–H and O–H groups in total. The number of benzene rings is 2. The molecule has 0 aliphatic carbocycles. The Bertz CT molecular complexity index is 829. The summed E-state index contributed by atoms with van der Waals surface area (Å²) in [6.07, 6.45) is 9.13. The van der Waals surface area contributed by atoms with Crippen LogP contribution in [0.2, 0.25) is 0 Å². The van der Waals surface area contributed by atoms with E-state index in [-0.39, 0.29) is 20.3 Å². The predicted molar refractivity (Wildman–Crippen MR) is 104 cm³/mol. The molecule has 0 radical (unpaired) electrons. The molecule has 3 aromatic rings. The number of unbranched alkanes of at least 4 members (excludes halogenated alkanes) is 5. The van der Waals surface area contributed by atoms with Gasteiger partial charge in [0, 0.05) is 0 Å². The van der Waals surface area contributed by atoms with E-state index in [4.69, 9.17) is 0 Å². The molecule has 1 heterocycles. The van der Waals surface area contributed by atoms with E-state index in [1.807, 2.05) is 21.8 Å². The third kappa shape index (κ3) is 4.09. The summed E-state index contributed by atoms with van der Waals surface area (Å²) < 4.78 is 3.12. The van der Waals surface area contributed by atoms with Crippen LogP contribution in [0.4, 0.5) is 0 Å². The third-order valence-corrected chi connectivity index (χ3v) is 6.81. The van der Waals surface area contributed by atoms with Crippen LogP contribution < -0.4 is 5.56 Å². The number of aromatic nitrogens is 1. The van der Waals surface area contributed by atoms with Gasteiger partial charge < -0.3 is 0 Å². The first-order valence-corrected chi connectivity index (χ1v) is 10.6. The molecular formula is C21H25NOSe. The molecule has 3 rings (SSSR count). The first kappa shape index (κ1) is 17.3. The Morgan fingerprint density at radius 2 is 1.58 bits per heavy atom. The molecule has 2 nitrogen and oxygen atoms in total. The van der Waals surface area contributed by atoms with Crippen LogP contribution in [0.25, 0.3) is 15.3 Å². The molecule has 0 fully saturated rings. The summed E-state index contributed by atoms with van der Waals surface area (Å²) in [6.45, 7) is 2.26. The molecule has 0 bridgehead atoms. The SMILES string of the molecule is CCCCCCCCc1ccc(-n2[se]c3ccccc3c2=O)cc1. The van der Waals surface area contributed by atoms with Crippen LogP contribution >= 0.6 is 0 Å². The summed E-state index contributed by atoms with van der Waals surface area (Å²) in [4.78, 5) is 12.5. The number of fused-ring (bicyclic) bond motifs is 1. The first-order chi connectivity index (χ1) is 11.8. The molecular weight excluding hydrogens is 361 g/mol. The van der Waals surface area contributed by atoms with Crippen LogP contribution in [0.15, 0.2) is 53.3 Å². The van der Waals surface area contributed by atoms with E-state index in [1.165, 1.54) is 48.3 Å². The fourth-order valence-electron chi connectivity index (χ4n) is 3.05. The number of nitrogens with zero attached hydrogens (tertiary/aromatic N) is 1. The molecule has 0 saturated carbocycles. The molecule has 3 heteroatoms. The van der Waals surface area contributed by atoms with Gasteiger partial charge in [-0.15, -0.1) is 0 Å². The van der Waals surface area contributed by atoms with Gasteiger partial charge in [-0.1, -0.05) is 6.92 Å². The van der Waals surface area contributed by atoms with E-state index in [1.54, 1.807) is 0 Å². The standard InChI is InChI=1S/C21H25NOSe/c1-2-3-4-5-6-7-10-17-13-15-18(16-14-17)22-21(23)19-11-8-9-12-20(19)24-22/h8-9,11-16H,2-7,10H2,1H3. The Hall–Kier alpha value is -1.57. The zero-order valence-electron chi connectivity index (χ0n) is 14.3. The third-order valence-electron chi connectivity index (χ3n) is 4.48. The van der Waals surface area contributed by atoms with Gasteiger partial charge in [0.05, 0.1) is 0 Å². The van der Waals surface area contributed by atoms with Gasteiger partial charge in [0.15, 0.2) is 0 Å². The average Bonchev–Trinajstić information content (AvgIpc) is 2.96. The Labute approximate surface area is 150 Å². The summed E-state index contributed by atoms with van der Waals surface area (Å²) in [5.74, 6) is 0. The Kier molecular flexibility index (Phi) is 6.12. The Morgan fingerprint density at radius 1 is 0.875 bits per heavy atom. The van der Waals surface area contributed by atoms with Crippen molar-refractivity contribution in [2.24, 2.45) is 0 Å². The normalized spacial score (nSPS) is 11.2. The van der Waals surface area contributed by atoms with Crippen molar-refractivity contribution in [3.8, 4) is 5.69 Å². The van der Waals surface area contributed by atoms with Crippen LogP contribution in [-0.4, -0.2) is 18.3 Å². The van der Waals surface area contributed by atoms with E-state index < -0.39 is 0 Å². The van der Waals surface area contributed by atoms with Gasteiger partial charge in [-0.3, -0.25) is 0 Å². The second-order valence-corrected chi connectivity index (χ2v) is 8.44. The topological polar surface area (TPSA) is 22.0 Å². The average molecular weight is 386 g/mol. The summed E-state index contributed by atoms with van der Waals surface area (Å²) >= 11 is 0.0640. The van der Waals surface area contributed by atoms with Gasteiger partial charge >= 0.3 is 143 Å². The molecule has 24 heavy (non-hydrogen) atoms. The Balaban J connectivity index is 1.63. The van der Waals surface area contributed by atoms with Crippen LogP contribution in [0.1, 0.15) is 51.0 Å². The molecule has 0 unspecified atom stereocenters. The fraction of sp³-hybridized carbons (Fsp3) is 0.381. The number of hydrogen-bond acceptors (Lipinski definition) is 1. The van der Waals surface area contributed by atoms with Crippen LogP contribution in [-0.2, 0) is 6.42 Å². The van der Waals surface area contributed by atoms with E-state index in [0.717, 1.165) is 17.5 Å². The van der Waals surface area contributed by atoms with Crippen molar-refractivity contribution in [1.82, 2.24) is 3.56 Å². The Morgan fingerprint density at radius 3 is 2.33 bits per heavy atom. The molecule has 126 valence electrons. The molecule has 0 saturated heterocycles. The van der Waals surface area contributed by atoms with E-state index in [9.17, 15) is 4.79 Å². The van der Waals surface area contributed by atoms with Crippen molar-refractivity contribution in [3.05, 3.63) is 64.4 Å². The molecule has 0 spiro atoms. The van der Waals surface area contributed by atoms with Gasteiger partial charge in [-0.2, -0.15) is 0 Å². The summed E-state index contributed by atoms with van der Waals surface area (Å²) in [5, 5.41) is 0.869. The molecule has 2 aromatic carbocycles. The second-order valence-electron chi connectivity index (χ2n) is 6.37. The van der Waals surface area contributed by atoms with Gasteiger partial charge in [-0.25, -0.2) is 0 Å². The van der Waals surface area contributed by atoms with Crippen molar-refractivity contribution in [2.45, 2.75) is 51.9 Å². The monoisotopic (exact) mass is 387 g/mol. The number of aryl methyl sites for hydroxylation is 1. The first-order valence-electron chi connectivity index (χ1n) is 9.00. The van der Waals surface area contributed by atoms with Crippen molar-refractivity contribution in [2.75, 3.05) is 0 Å². The van der Waals surface area contributed by atoms with Crippen molar-refractivity contribution < 1.29 is 0 Å². The van der Waals surface area contributed by atoms with Crippen LogP contribution in [0.3, 0.4) is 0 Å². The van der Waals surface area contributed by atoms with Crippen LogP contribution in [0.5, 0.6) is 0 Å². The zero-order valence-corrected chi connectivity index (χ0v) is 16.0. The van der Waals surface area contributed by atoms with Crippen LogP contribution in [0, 0.1) is 0 Å². The van der Waals surface area contributed by atoms with Crippen molar-refractivity contribution >= 4 is 24.4 Å². The molecule has 0 aliphatic rings. The van der Waals surface area contributed by atoms with Gasteiger partial charge in [0.2, 0.25) is 0 Å². The molecule has 0 amide bonds. The zero-order chi connectivity index (χ0) is 16.8. The second kappa shape index (κ2) is 8.50. The minimum absolute atomic E-state index is 0.0640. The van der Waals surface area contributed by atoms with Crippen molar-refractivity contribution in [1.29, 1.82) is 0 Å². The summed E-state index contributed by atoms with van der Waals surface area (Å²) in [5.41, 5.74) is 2.56. The maximum atomic E-state index is 12.5. The fourth-order valence-corrected chi connectivity index (χ4v) is 5.14. The minimum atomic E-state index is 0.0640. The summed E-state index contributed by atoms with van der Waals surface area (Å²) in [7, 11) is 0. The quantitative estimate of drug-likeness (QED) is 0.397. The van der Waals surface area contributed by atoms with E-state index in [2.05, 4.69) is 37.3 Å². The van der Waals surface area contributed by atoms with E-state index in [0.29, 0.717) is 0 Å². The maximum absolute atomic E-state index is 12.5. The van der Waals surface area contributed by atoms with Gasteiger partial charge in [0.1, 0.15) is 0 Å². The van der Waals surface area contributed by atoms with E-state index >= 15 is 0 Å². The van der Waals surface area contributed by atoms with Gasteiger partial charge in [0.25, 0.3) is 0 Å². The molecule has 0 atom stereocenters. The predicted octanol–water partition coefficient (Wildman–Crippen LogP) is 4.95. The van der Waals surface area contributed by atoms with Crippen molar-refractivity contribution in [3.63, 3.8) is 0 Å². The molecule has 0 aliphatic heterocycles. The van der Waals surface area contributed by atoms with Gasteiger partial charge in [-0.05, 0) is 0 Å². The molecule has 1 aromatic heterocycles. The number of hydrogen-bond donors (Lipinski definition) is 0. The number of rotatable bonds is 8. The summed E-state index contributed by atoms with van der Waals surface area (Å²) in [6, 6.07) is 16.6.